The Balaban J connectivity index is 1.33. The maximum Gasteiger partial charge on any atom is 0.220 e. The van der Waals surface area contributed by atoms with Gasteiger partial charge in [-0.25, -0.2) is 4.39 Å². The van der Waals surface area contributed by atoms with Gasteiger partial charge in [-0.2, -0.15) is 0 Å². The number of rotatable bonds is 8. The largest absolute Gasteiger partial charge is 0.492 e. The van der Waals surface area contributed by atoms with Crippen LogP contribution >= 0.6 is 0 Å². The number of hydrogen-bond donors (Lipinski definition) is 2. The van der Waals surface area contributed by atoms with Crippen molar-refractivity contribution in [1.29, 1.82) is 0 Å². The van der Waals surface area contributed by atoms with E-state index in [1.807, 2.05) is 24.4 Å². The number of aromatic nitrogens is 1. The molecular weight excluding hydrogens is 319 g/mol. The molecule has 0 spiro atoms. The van der Waals surface area contributed by atoms with Crippen LogP contribution < -0.4 is 10.1 Å². The minimum absolute atomic E-state index is 0.0162. The average molecular weight is 340 g/mol. The van der Waals surface area contributed by atoms with Crippen molar-refractivity contribution in [3.05, 3.63) is 66.1 Å². The van der Waals surface area contributed by atoms with Crippen molar-refractivity contribution in [3.8, 4) is 5.75 Å². The molecule has 0 radical (unpaired) electrons. The van der Waals surface area contributed by atoms with Crippen molar-refractivity contribution in [2.45, 2.75) is 19.3 Å². The quantitative estimate of drug-likeness (QED) is 0.613. The zero-order valence-electron chi connectivity index (χ0n) is 13.9. The Morgan fingerprint density at radius 3 is 2.76 bits per heavy atom. The van der Waals surface area contributed by atoms with Gasteiger partial charge in [0.25, 0.3) is 0 Å². The van der Waals surface area contributed by atoms with Gasteiger partial charge in [-0.15, -0.1) is 0 Å². The van der Waals surface area contributed by atoms with E-state index in [0.717, 1.165) is 18.4 Å². The molecule has 130 valence electrons. The number of carbonyl (C=O) groups excluding carboxylic acids is 1. The zero-order valence-corrected chi connectivity index (χ0v) is 13.9. The van der Waals surface area contributed by atoms with E-state index in [4.69, 9.17) is 4.74 Å². The summed E-state index contributed by atoms with van der Waals surface area (Å²) in [5.74, 6) is 0.313. The fourth-order valence-electron chi connectivity index (χ4n) is 2.76. The second-order valence-corrected chi connectivity index (χ2v) is 5.87. The number of benzene rings is 2. The molecule has 0 bridgehead atoms. The van der Waals surface area contributed by atoms with E-state index in [1.54, 1.807) is 12.1 Å². The molecule has 1 aromatic heterocycles. The van der Waals surface area contributed by atoms with E-state index in [0.29, 0.717) is 25.3 Å². The van der Waals surface area contributed by atoms with Gasteiger partial charge in [0.2, 0.25) is 5.91 Å². The normalized spacial score (nSPS) is 10.8. The highest BCUT2D eigenvalue weighted by Crippen LogP contribution is 2.19. The van der Waals surface area contributed by atoms with E-state index in [9.17, 15) is 9.18 Å². The van der Waals surface area contributed by atoms with Crippen LogP contribution in [0.25, 0.3) is 10.9 Å². The molecule has 4 nitrogen and oxygen atoms in total. The molecule has 2 N–H and O–H groups in total. The molecule has 3 aromatic rings. The van der Waals surface area contributed by atoms with Crippen LogP contribution in [0.3, 0.4) is 0 Å². The molecule has 0 atom stereocenters. The second kappa shape index (κ2) is 8.33. The third-order valence-corrected chi connectivity index (χ3v) is 4.03. The number of hydrogen-bond acceptors (Lipinski definition) is 2. The molecule has 5 heteroatoms. The molecule has 0 unspecified atom stereocenters. The van der Waals surface area contributed by atoms with Crippen LogP contribution in [0.15, 0.2) is 54.7 Å². The highest BCUT2D eigenvalue weighted by Gasteiger charge is 2.05. The molecule has 0 aliphatic heterocycles. The monoisotopic (exact) mass is 340 g/mol. The Bertz CT molecular complexity index is 827. The topological polar surface area (TPSA) is 54.1 Å². The van der Waals surface area contributed by atoms with Gasteiger partial charge in [-0.05, 0) is 48.7 Å². The van der Waals surface area contributed by atoms with E-state index in [2.05, 4.69) is 16.4 Å². The van der Waals surface area contributed by atoms with Crippen molar-refractivity contribution in [1.82, 2.24) is 10.3 Å². The molecule has 1 amide bonds. The highest BCUT2D eigenvalue weighted by molar-refractivity contribution is 5.83. The number of fused-ring (bicyclic) bond motifs is 1. The van der Waals surface area contributed by atoms with Gasteiger partial charge < -0.3 is 15.0 Å². The molecule has 0 fully saturated rings. The Kier molecular flexibility index (Phi) is 5.67. The van der Waals surface area contributed by atoms with Crippen molar-refractivity contribution in [2.75, 3.05) is 13.2 Å². The zero-order chi connectivity index (χ0) is 17.5. The molecule has 0 saturated heterocycles. The highest BCUT2D eigenvalue weighted by atomic mass is 19.1. The van der Waals surface area contributed by atoms with Gasteiger partial charge >= 0.3 is 0 Å². The lowest BCUT2D eigenvalue weighted by molar-refractivity contribution is -0.121. The minimum atomic E-state index is -0.296. The van der Waals surface area contributed by atoms with Gasteiger partial charge in [0.15, 0.2) is 0 Å². The molecule has 1 heterocycles. The predicted octanol–water partition coefficient (Wildman–Crippen LogP) is 3.82. The first kappa shape index (κ1) is 17.0. The fourth-order valence-corrected chi connectivity index (χ4v) is 2.76. The van der Waals surface area contributed by atoms with Crippen LogP contribution in [0, 0.1) is 5.82 Å². The molecule has 0 saturated carbocycles. The smallest absolute Gasteiger partial charge is 0.220 e. The SMILES string of the molecule is O=C(CCCc1c[nH]c2ccccc12)NCCOc1ccc(F)cc1. The fraction of sp³-hybridized carbons (Fsp3) is 0.250. The van der Waals surface area contributed by atoms with Gasteiger partial charge in [-0.1, -0.05) is 18.2 Å². The summed E-state index contributed by atoms with van der Waals surface area (Å²) >= 11 is 0. The number of halogens is 1. The number of ether oxygens (including phenoxy) is 1. The number of aryl methyl sites for hydroxylation is 1. The number of aromatic amines is 1. The van der Waals surface area contributed by atoms with Crippen LogP contribution in [-0.2, 0) is 11.2 Å². The summed E-state index contributed by atoms with van der Waals surface area (Å²) in [7, 11) is 0. The molecule has 0 aliphatic carbocycles. The first-order valence-corrected chi connectivity index (χ1v) is 8.42. The van der Waals surface area contributed by atoms with Gasteiger partial charge in [0.05, 0.1) is 6.54 Å². The first-order chi connectivity index (χ1) is 12.2. The van der Waals surface area contributed by atoms with Crippen LogP contribution in [0.4, 0.5) is 4.39 Å². The number of amides is 1. The average Bonchev–Trinajstić information content (AvgIpc) is 3.04. The molecule has 3 rings (SSSR count). The maximum atomic E-state index is 12.8. The van der Waals surface area contributed by atoms with Crippen molar-refractivity contribution in [2.24, 2.45) is 0 Å². The van der Waals surface area contributed by atoms with E-state index in [1.165, 1.54) is 23.1 Å². The lowest BCUT2D eigenvalue weighted by atomic mass is 10.1. The Hall–Kier alpha value is -2.82. The van der Waals surface area contributed by atoms with Crippen LogP contribution in [0.2, 0.25) is 0 Å². The summed E-state index contributed by atoms with van der Waals surface area (Å²) < 4.78 is 18.2. The Labute approximate surface area is 146 Å². The third kappa shape index (κ3) is 4.83. The van der Waals surface area contributed by atoms with Crippen LogP contribution in [0.1, 0.15) is 18.4 Å². The van der Waals surface area contributed by atoms with Crippen LogP contribution in [-0.4, -0.2) is 24.0 Å². The van der Waals surface area contributed by atoms with Crippen molar-refractivity contribution >= 4 is 16.8 Å². The molecule has 2 aromatic carbocycles. The summed E-state index contributed by atoms with van der Waals surface area (Å²) in [6.45, 7) is 0.795. The molecular formula is C20H21FN2O2. The summed E-state index contributed by atoms with van der Waals surface area (Å²) in [4.78, 5) is 15.1. The minimum Gasteiger partial charge on any atom is -0.492 e. The van der Waals surface area contributed by atoms with E-state index in [-0.39, 0.29) is 11.7 Å². The number of nitrogens with one attached hydrogen (secondary N) is 2. The lowest BCUT2D eigenvalue weighted by Gasteiger charge is -2.07. The van der Waals surface area contributed by atoms with Gasteiger partial charge in [0.1, 0.15) is 18.2 Å². The number of para-hydroxylation sites is 1. The lowest BCUT2D eigenvalue weighted by Crippen LogP contribution is -2.27. The summed E-state index contributed by atoms with van der Waals surface area (Å²) in [5.41, 5.74) is 2.36. The first-order valence-electron chi connectivity index (χ1n) is 8.42. The van der Waals surface area contributed by atoms with Gasteiger partial charge in [-0.3, -0.25) is 4.79 Å². The van der Waals surface area contributed by atoms with E-state index >= 15 is 0 Å². The Morgan fingerprint density at radius 2 is 1.92 bits per heavy atom. The number of H-pyrrole nitrogens is 1. The maximum absolute atomic E-state index is 12.8. The molecule has 0 aliphatic rings. The summed E-state index contributed by atoms with van der Waals surface area (Å²) in [6.07, 6.45) is 4.16. The second-order valence-electron chi connectivity index (χ2n) is 5.87. The van der Waals surface area contributed by atoms with Gasteiger partial charge in [0, 0.05) is 23.5 Å². The predicted molar refractivity (Wildman–Crippen MR) is 96.1 cm³/mol. The van der Waals surface area contributed by atoms with E-state index < -0.39 is 0 Å². The summed E-state index contributed by atoms with van der Waals surface area (Å²) in [5, 5.41) is 4.05. The summed E-state index contributed by atoms with van der Waals surface area (Å²) in [6, 6.07) is 14.0. The van der Waals surface area contributed by atoms with Crippen molar-refractivity contribution in [3.63, 3.8) is 0 Å². The Morgan fingerprint density at radius 1 is 1.12 bits per heavy atom. The number of carbonyl (C=O) groups is 1. The standard InChI is InChI=1S/C20H21FN2O2/c21-16-8-10-17(11-9-16)25-13-12-22-20(24)7-3-4-15-14-23-19-6-2-1-5-18(15)19/h1-2,5-6,8-11,14,23H,3-4,7,12-13H2,(H,22,24). The molecule has 25 heavy (non-hydrogen) atoms. The van der Waals surface area contributed by atoms with Crippen molar-refractivity contribution < 1.29 is 13.9 Å². The third-order valence-electron chi connectivity index (χ3n) is 4.03. The van der Waals surface area contributed by atoms with Crippen LogP contribution in [0.5, 0.6) is 5.75 Å².